The van der Waals surface area contributed by atoms with E-state index in [0.717, 1.165) is 12.3 Å². The highest BCUT2D eigenvalue weighted by atomic mass is 16.5. The van der Waals surface area contributed by atoms with Crippen molar-refractivity contribution < 1.29 is 9.47 Å². The predicted molar refractivity (Wildman–Crippen MR) is 63.4 cm³/mol. The number of hydrogen-bond acceptors (Lipinski definition) is 3. The van der Waals surface area contributed by atoms with Crippen LogP contribution < -0.4 is 10.1 Å². The lowest BCUT2D eigenvalue weighted by atomic mass is 10.1. The Morgan fingerprint density at radius 2 is 2.00 bits per heavy atom. The monoisotopic (exact) mass is 221 g/mol. The second-order valence-corrected chi connectivity index (χ2v) is 4.47. The highest BCUT2D eigenvalue weighted by molar-refractivity contribution is 5.29. The van der Waals surface area contributed by atoms with Crippen molar-refractivity contribution in [1.82, 2.24) is 5.32 Å². The lowest BCUT2D eigenvalue weighted by Crippen LogP contribution is -2.27. The van der Waals surface area contributed by atoms with Gasteiger partial charge in [-0.15, -0.1) is 0 Å². The lowest BCUT2D eigenvalue weighted by Gasteiger charge is -2.16. The van der Waals surface area contributed by atoms with Gasteiger partial charge in [0.25, 0.3) is 0 Å². The first kappa shape index (κ1) is 11.4. The molecule has 16 heavy (non-hydrogen) atoms. The summed E-state index contributed by atoms with van der Waals surface area (Å²) in [5.41, 5.74) is 1.21. The van der Waals surface area contributed by atoms with Crippen LogP contribution in [0.3, 0.4) is 0 Å². The zero-order valence-corrected chi connectivity index (χ0v) is 10.1. The van der Waals surface area contributed by atoms with E-state index in [0.29, 0.717) is 5.92 Å². The molecule has 1 saturated heterocycles. The van der Waals surface area contributed by atoms with Crippen LogP contribution >= 0.6 is 0 Å². The number of nitrogens with one attached hydrogen (secondary N) is 1. The standard InChI is InChI=1S/C13H19NO2/c1-9(2)13-14-8-12(16-13)10-4-6-11(15-3)7-5-10/h4-7,9,12-14H,8H2,1-3H3. The molecule has 1 heterocycles. The molecule has 0 aromatic heterocycles. The van der Waals surface area contributed by atoms with Gasteiger partial charge >= 0.3 is 0 Å². The molecule has 0 spiro atoms. The van der Waals surface area contributed by atoms with Crippen molar-refractivity contribution in [3.8, 4) is 5.75 Å². The number of methoxy groups -OCH3 is 1. The molecule has 2 atom stereocenters. The van der Waals surface area contributed by atoms with Crippen molar-refractivity contribution in [1.29, 1.82) is 0 Å². The largest absolute Gasteiger partial charge is 0.497 e. The maximum atomic E-state index is 5.93. The minimum Gasteiger partial charge on any atom is -0.497 e. The fraction of sp³-hybridized carbons (Fsp3) is 0.538. The van der Waals surface area contributed by atoms with E-state index in [4.69, 9.17) is 9.47 Å². The maximum absolute atomic E-state index is 5.93. The normalized spacial score (nSPS) is 25.0. The molecule has 1 aliphatic heterocycles. The van der Waals surface area contributed by atoms with E-state index in [1.54, 1.807) is 7.11 Å². The van der Waals surface area contributed by atoms with E-state index in [9.17, 15) is 0 Å². The molecule has 0 amide bonds. The van der Waals surface area contributed by atoms with Gasteiger partial charge in [-0.05, 0) is 23.6 Å². The van der Waals surface area contributed by atoms with Gasteiger partial charge in [0.15, 0.2) is 0 Å². The molecule has 0 saturated carbocycles. The van der Waals surface area contributed by atoms with Crippen LogP contribution in [-0.4, -0.2) is 19.9 Å². The summed E-state index contributed by atoms with van der Waals surface area (Å²) in [7, 11) is 1.68. The van der Waals surface area contributed by atoms with Crippen LogP contribution in [0.2, 0.25) is 0 Å². The van der Waals surface area contributed by atoms with Gasteiger partial charge in [-0.25, -0.2) is 0 Å². The Hall–Kier alpha value is -1.06. The van der Waals surface area contributed by atoms with Gasteiger partial charge in [-0.1, -0.05) is 26.0 Å². The van der Waals surface area contributed by atoms with Gasteiger partial charge in [0.1, 0.15) is 12.0 Å². The van der Waals surface area contributed by atoms with E-state index in [2.05, 4.69) is 31.3 Å². The van der Waals surface area contributed by atoms with Crippen LogP contribution in [0.15, 0.2) is 24.3 Å². The van der Waals surface area contributed by atoms with E-state index in [1.807, 2.05) is 12.1 Å². The van der Waals surface area contributed by atoms with Crippen LogP contribution in [0.4, 0.5) is 0 Å². The first-order chi connectivity index (χ1) is 7.70. The van der Waals surface area contributed by atoms with Crippen molar-refractivity contribution in [3.05, 3.63) is 29.8 Å². The SMILES string of the molecule is COc1ccc(C2CNC(C(C)C)O2)cc1. The average Bonchev–Trinajstić information content (AvgIpc) is 2.78. The molecular weight excluding hydrogens is 202 g/mol. The smallest absolute Gasteiger partial charge is 0.118 e. The van der Waals surface area contributed by atoms with Crippen LogP contribution in [0.1, 0.15) is 25.5 Å². The number of hydrogen-bond donors (Lipinski definition) is 1. The molecule has 0 radical (unpaired) electrons. The molecule has 1 fully saturated rings. The van der Waals surface area contributed by atoms with Crippen LogP contribution in [0.5, 0.6) is 5.75 Å². The van der Waals surface area contributed by atoms with E-state index >= 15 is 0 Å². The van der Waals surface area contributed by atoms with Crippen molar-refractivity contribution in [3.63, 3.8) is 0 Å². The maximum Gasteiger partial charge on any atom is 0.118 e. The molecule has 88 valence electrons. The van der Waals surface area contributed by atoms with E-state index in [-0.39, 0.29) is 12.3 Å². The molecule has 0 bridgehead atoms. The second-order valence-electron chi connectivity index (χ2n) is 4.47. The molecule has 2 unspecified atom stereocenters. The Labute approximate surface area is 96.8 Å². The van der Waals surface area contributed by atoms with Crippen molar-refractivity contribution in [2.75, 3.05) is 13.7 Å². The Bertz CT molecular complexity index is 334. The highest BCUT2D eigenvalue weighted by Crippen LogP contribution is 2.26. The van der Waals surface area contributed by atoms with Crippen LogP contribution in [-0.2, 0) is 4.74 Å². The summed E-state index contributed by atoms with van der Waals surface area (Å²) in [4.78, 5) is 0. The van der Waals surface area contributed by atoms with Crippen molar-refractivity contribution in [2.24, 2.45) is 5.92 Å². The van der Waals surface area contributed by atoms with Gasteiger partial charge in [0, 0.05) is 6.54 Å². The third-order valence-electron chi connectivity index (χ3n) is 2.91. The predicted octanol–water partition coefficient (Wildman–Crippen LogP) is 2.34. The molecule has 1 aliphatic rings. The summed E-state index contributed by atoms with van der Waals surface area (Å²) in [6, 6.07) is 8.07. The molecule has 1 aromatic carbocycles. The molecular formula is C13H19NO2. The summed E-state index contributed by atoms with van der Waals surface area (Å²) in [5.74, 6) is 1.39. The fourth-order valence-electron chi connectivity index (χ4n) is 1.90. The Morgan fingerprint density at radius 3 is 2.50 bits per heavy atom. The van der Waals surface area contributed by atoms with E-state index < -0.39 is 0 Å². The third kappa shape index (κ3) is 2.36. The Kier molecular flexibility index (Phi) is 3.46. The molecule has 3 nitrogen and oxygen atoms in total. The number of ether oxygens (including phenoxy) is 2. The summed E-state index contributed by atoms with van der Waals surface area (Å²) in [6.07, 6.45) is 0.338. The molecule has 0 aliphatic carbocycles. The quantitative estimate of drug-likeness (QED) is 0.849. The van der Waals surface area contributed by atoms with Crippen LogP contribution in [0.25, 0.3) is 0 Å². The lowest BCUT2D eigenvalue weighted by molar-refractivity contribution is 0.0136. The van der Waals surface area contributed by atoms with Gasteiger partial charge in [0.2, 0.25) is 0 Å². The van der Waals surface area contributed by atoms with Gasteiger partial charge in [-0.2, -0.15) is 0 Å². The first-order valence-corrected chi connectivity index (χ1v) is 5.73. The average molecular weight is 221 g/mol. The zero-order valence-electron chi connectivity index (χ0n) is 10.1. The Balaban J connectivity index is 2.03. The zero-order chi connectivity index (χ0) is 11.5. The summed E-state index contributed by atoms with van der Waals surface area (Å²) < 4.78 is 11.1. The van der Waals surface area contributed by atoms with Gasteiger partial charge < -0.3 is 9.47 Å². The summed E-state index contributed by atoms with van der Waals surface area (Å²) in [5, 5.41) is 3.38. The second kappa shape index (κ2) is 4.85. The Morgan fingerprint density at radius 1 is 1.31 bits per heavy atom. The summed E-state index contributed by atoms with van der Waals surface area (Å²) in [6.45, 7) is 5.21. The highest BCUT2D eigenvalue weighted by Gasteiger charge is 2.27. The van der Waals surface area contributed by atoms with Gasteiger partial charge in [-0.3, -0.25) is 5.32 Å². The minimum absolute atomic E-state index is 0.165. The van der Waals surface area contributed by atoms with Gasteiger partial charge in [0.05, 0.1) is 13.2 Å². The van der Waals surface area contributed by atoms with Crippen molar-refractivity contribution >= 4 is 0 Å². The number of benzene rings is 1. The fourth-order valence-corrected chi connectivity index (χ4v) is 1.90. The minimum atomic E-state index is 0.165. The third-order valence-corrected chi connectivity index (χ3v) is 2.91. The summed E-state index contributed by atoms with van der Waals surface area (Å²) >= 11 is 0. The van der Waals surface area contributed by atoms with E-state index in [1.165, 1.54) is 5.56 Å². The first-order valence-electron chi connectivity index (χ1n) is 5.73. The topological polar surface area (TPSA) is 30.5 Å². The molecule has 2 rings (SSSR count). The molecule has 1 aromatic rings. The number of rotatable bonds is 3. The molecule has 3 heteroatoms. The van der Waals surface area contributed by atoms with Crippen molar-refractivity contribution in [2.45, 2.75) is 26.2 Å². The molecule has 1 N–H and O–H groups in total. The van der Waals surface area contributed by atoms with Crippen LogP contribution in [0, 0.1) is 5.92 Å².